The van der Waals surface area contributed by atoms with E-state index in [1.54, 1.807) is 0 Å². The van der Waals surface area contributed by atoms with Crippen LogP contribution in [0.25, 0.3) is 6.20 Å². The van der Waals surface area contributed by atoms with E-state index in [-0.39, 0.29) is 0 Å². The lowest BCUT2D eigenvalue weighted by Crippen LogP contribution is -1.84. The van der Waals surface area contributed by atoms with Crippen molar-refractivity contribution in [3.63, 3.8) is 0 Å². The van der Waals surface area contributed by atoms with Crippen LogP contribution in [-0.2, 0) is 6.42 Å². The van der Waals surface area contributed by atoms with E-state index in [2.05, 4.69) is 11.1 Å². The third kappa shape index (κ3) is 0.346. The molecule has 2 rings (SSSR count). The fourth-order valence-corrected chi connectivity index (χ4v) is 0.909. The monoisotopic (exact) mass is 106 g/mol. The highest BCUT2D eigenvalue weighted by molar-refractivity contribution is 5.32. The second-order valence-corrected chi connectivity index (χ2v) is 1.84. The van der Waals surface area contributed by atoms with Gasteiger partial charge in [0.25, 0.3) is 0 Å². The van der Waals surface area contributed by atoms with Gasteiger partial charge in [-0.3, -0.25) is 0 Å². The molecule has 2 heterocycles. The Morgan fingerprint density at radius 1 is 1.62 bits per heavy atom. The molecule has 2 nitrogen and oxygen atoms in total. The number of fused-ring (bicyclic) bond motifs is 1. The lowest BCUT2D eigenvalue weighted by Gasteiger charge is -1.85. The van der Waals surface area contributed by atoms with Gasteiger partial charge in [0.1, 0.15) is 5.82 Å². The van der Waals surface area contributed by atoms with Crippen molar-refractivity contribution in [1.82, 2.24) is 9.55 Å². The highest BCUT2D eigenvalue weighted by atomic mass is 15.1. The van der Waals surface area contributed by atoms with E-state index in [0.29, 0.717) is 0 Å². The minimum absolute atomic E-state index is 0.993. The van der Waals surface area contributed by atoms with E-state index in [0.717, 1.165) is 12.2 Å². The molecule has 0 bridgehead atoms. The van der Waals surface area contributed by atoms with Crippen LogP contribution in [0.3, 0.4) is 0 Å². The van der Waals surface area contributed by atoms with E-state index in [1.807, 2.05) is 23.2 Å². The van der Waals surface area contributed by atoms with Crippen molar-refractivity contribution in [3.8, 4) is 0 Å². The van der Waals surface area contributed by atoms with E-state index < -0.39 is 0 Å². The number of hydrogen-bond donors (Lipinski definition) is 0. The van der Waals surface area contributed by atoms with Gasteiger partial charge in [-0.15, -0.1) is 0 Å². The van der Waals surface area contributed by atoms with Gasteiger partial charge in [-0.1, -0.05) is 6.08 Å². The Morgan fingerprint density at radius 2 is 2.62 bits per heavy atom. The molecule has 2 heteroatoms. The van der Waals surface area contributed by atoms with Gasteiger partial charge in [0.2, 0.25) is 0 Å². The Morgan fingerprint density at radius 3 is 3.50 bits per heavy atom. The maximum Gasteiger partial charge on any atom is 0.116 e. The maximum atomic E-state index is 4.10. The Balaban J connectivity index is 2.67. The third-order valence-electron chi connectivity index (χ3n) is 1.32. The van der Waals surface area contributed by atoms with E-state index in [9.17, 15) is 0 Å². The van der Waals surface area contributed by atoms with Gasteiger partial charge in [0, 0.05) is 25.0 Å². The summed E-state index contributed by atoms with van der Waals surface area (Å²) in [6, 6.07) is 0. The average molecular weight is 106 g/mol. The molecular formula is C6H6N2. The molecule has 1 aliphatic heterocycles. The summed E-state index contributed by atoms with van der Waals surface area (Å²) in [6.07, 6.45) is 8.90. The van der Waals surface area contributed by atoms with Crippen molar-refractivity contribution in [1.29, 1.82) is 0 Å². The molecule has 0 atom stereocenters. The Hall–Kier alpha value is -1.05. The second-order valence-electron chi connectivity index (χ2n) is 1.84. The number of aromatic nitrogens is 2. The van der Waals surface area contributed by atoms with Crippen molar-refractivity contribution in [3.05, 3.63) is 24.3 Å². The number of hydrogen-bond acceptors (Lipinski definition) is 1. The maximum absolute atomic E-state index is 4.10. The van der Waals surface area contributed by atoms with Gasteiger partial charge >= 0.3 is 0 Å². The van der Waals surface area contributed by atoms with Gasteiger partial charge in [-0.05, 0) is 0 Å². The third-order valence-corrected chi connectivity index (χ3v) is 1.32. The number of allylic oxidation sites excluding steroid dienone is 1. The van der Waals surface area contributed by atoms with E-state index in [4.69, 9.17) is 0 Å². The minimum Gasteiger partial charge on any atom is -0.311 e. The molecule has 0 saturated heterocycles. The molecule has 0 N–H and O–H groups in total. The van der Waals surface area contributed by atoms with Crippen LogP contribution in [0.15, 0.2) is 18.5 Å². The lowest BCUT2D eigenvalue weighted by atomic mass is 10.4. The normalized spacial score (nSPS) is 14.5. The van der Waals surface area contributed by atoms with Crippen molar-refractivity contribution in [2.75, 3.05) is 0 Å². The van der Waals surface area contributed by atoms with E-state index in [1.165, 1.54) is 0 Å². The van der Waals surface area contributed by atoms with Crippen LogP contribution in [0.2, 0.25) is 0 Å². The van der Waals surface area contributed by atoms with Crippen LogP contribution >= 0.6 is 0 Å². The minimum atomic E-state index is 0.993. The fraction of sp³-hybridized carbons (Fsp3) is 0.167. The summed E-state index contributed by atoms with van der Waals surface area (Å²) in [5, 5.41) is 0. The highest BCUT2D eigenvalue weighted by Gasteiger charge is 2.01. The van der Waals surface area contributed by atoms with Crippen LogP contribution in [0.4, 0.5) is 0 Å². The molecule has 1 aromatic rings. The van der Waals surface area contributed by atoms with Crippen LogP contribution in [-0.4, -0.2) is 9.55 Å². The topological polar surface area (TPSA) is 17.8 Å². The molecule has 0 aromatic carbocycles. The van der Waals surface area contributed by atoms with Crippen molar-refractivity contribution >= 4 is 6.20 Å². The van der Waals surface area contributed by atoms with Gasteiger partial charge in [0.15, 0.2) is 0 Å². The van der Waals surface area contributed by atoms with Crippen molar-refractivity contribution in [2.24, 2.45) is 0 Å². The summed E-state index contributed by atoms with van der Waals surface area (Å²) in [4.78, 5) is 4.10. The molecule has 0 unspecified atom stereocenters. The quantitative estimate of drug-likeness (QED) is 0.480. The molecule has 0 radical (unpaired) electrons. The Labute approximate surface area is 47.5 Å². The first-order valence-electron chi connectivity index (χ1n) is 2.65. The van der Waals surface area contributed by atoms with Gasteiger partial charge in [-0.25, -0.2) is 4.98 Å². The molecule has 0 spiro atoms. The molecule has 0 amide bonds. The number of imidazole rings is 1. The van der Waals surface area contributed by atoms with Gasteiger partial charge < -0.3 is 4.57 Å². The SMILES string of the molecule is C1=Cn2ccnc2C1. The smallest absolute Gasteiger partial charge is 0.116 e. The number of rotatable bonds is 0. The molecule has 0 aliphatic carbocycles. The summed E-state index contributed by atoms with van der Waals surface area (Å²) in [5.41, 5.74) is 0. The first-order valence-corrected chi connectivity index (χ1v) is 2.65. The first kappa shape index (κ1) is 3.89. The van der Waals surface area contributed by atoms with Crippen molar-refractivity contribution < 1.29 is 0 Å². The zero-order valence-electron chi connectivity index (χ0n) is 4.41. The van der Waals surface area contributed by atoms with Crippen molar-refractivity contribution in [2.45, 2.75) is 6.42 Å². The second kappa shape index (κ2) is 1.22. The molecule has 0 saturated carbocycles. The highest BCUT2D eigenvalue weighted by Crippen LogP contribution is 2.06. The molecule has 40 valence electrons. The van der Waals surface area contributed by atoms with Crippen LogP contribution < -0.4 is 0 Å². The zero-order chi connectivity index (χ0) is 5.40. The van der Waals surface area contributed by atoms with Gasteiger partial charge in [0.05, 0.1) is 0 Å². The average Bonchev–Trinajstić information content (AvgIpc) is 2.15. The van der Waals surface area contributed by atoms with Crippen LogP contribution in [0.1, 0.15) is 5.82 Å². The summed E-state index contributed by atoms with van der Waals surface area (Å²) < 4.78 is 2.03. The molecule has 0 fully saturated rings. The number of nitrogens with zero attached hydrogens (tertiary/aromatic N) is 2. The van der Waals surface area contributed by atoms with Crippen LogP contribution in [0.5, 0.6) is 0 Å². The molecule has 8 heavy (non-hydrogen) atoms. The standard InChI is InChI=1S/C6H6N2/c1-2-6-7-3-5-8(6)4-1/h1,3-5H,2H2. The Bertz CT molecular complexity index is 222. The summed E-state index contributed by atoms with van der Waals surface area (Å²) in [5.74, 6) is 1.14. The van der Waals surface area contributed by atoms with Gasteiger partial charge in [-0.2, -0.15) is 0 Å². The van der Waals surface area contributed by atoms with E-state index >= 15 is 0 Å². The van der Waals surface area contributed by atoms with Crippen LogP contribution in [0, 0.1) is 0 Å². The molecule has 1 aliphatic rings. The molecular weight excluding hydrogens is 100 g/mol. The zero-order valence-corrected chi connectivity index (χ0v) is 4.41. The lowest BCUT2D eigenvalue weighted by molar-refractivity contribution is 1.02. The summed E-state index contributed by atoms with van der Waals surface area (Å²) >= 11 is 0. The Kier molecular flexibility index (Phi) is 0.592. The summed E-state index contributed by atoms with van der Waals surface area (Å²) in [6.45, 7) is 0. The largest absolute Gasteiger partial charge is 0.311 e. The predicted octanol–water partition coefficient (Wildman–Crippen LogP) is 0.910. The summed E-state index contributed by atoms with van der Waals surface area (Å²) in [7, 11) is 0. The first-order chi connectivity index (χ1) is 3.97. The fourth-order valence-electron chi connectivity index (χ4n) is 0.909. The predicted molar refractivity (Wildman–Crippen MR) is 31.3 cm³/mol. The molecule has 1 aromatic heterocycles.